The molecule has 2 aliphatic heterocycles. The minimum Gasteiger partial charge on any atom is -0.364 e. The molecule has 2 aromatic rings. The van der Waals surface area contributed by atoms with Gasteiger partial charge < -0.3 is 15.4 Å². The Bertz CT molecular complexity index is 995. The Balaban J connectivity index is 1.34. The van der Waals surface area contributed by atoms with Crippen LogP contribution in [0.4, 0.5) is 10.2 Å². The van der Waals surface area contributed by atoms with Crippen molar-refractivity contribution in [2.75, 3.05) is 11.9 Å². The molecular weight excluding hydrogens is 445 g/mol. The lowest BCUT2D eigenvalue weighted by molar-refractivity contribution is -0.130. The molecular formula is C24H31ClFN5O2. The van der Waals surface area contributed by atoms with E-state index >= 15 is 4.39 Å². The molecule has 2 saturated heterocycles. The van der Waals surface area contributed by atoms with E-state index in [0.717, 1.165) is 44.9 Å². The number of rotatable bonds is 5. The van der Waals surface area contributed by atoms with Crippen LogP contribution in [0.25, 0.3) is 11.3 Å². The monoisotopic (exact) mass is 475 g/mol. The van der Waals surface area contributed by atoms with Gasteiger partial charge in [0, 0.05) is 42.0 Å². The number of piperidine rings is 1. The van der Waals surface area contributed by atoms with Crippen LogP contribution < -0.4 is 10.6 Å². The molecule has 1 saturated carbocycles. The first-order valence-electron chi connectivity index (χ1n) is 12.0. The molecule has 5 rings (SSSR count). The van der Waals surface area contributed by atoms with E-state index in [1.54, 1.807) is 29.2 Å². The minimum atomic E-state index is -0.450. The van der Waals surface area contributed by atoms with Gasteiger partial charge in [-0.2, -0.15) is 5.10 Å². The van der Waals surface area contributed by atoms with Crippen LogP contribution in [-0.2, 0) is 9.53 Å². The number of nitrogens with one attached hydrogen (secondary N) is 2. The number of anilines is 1. The summed E-state index contributed by atoms with van der Waals surface area (Å²) in [5, 5.41) is 10.9. The normalized spacial score (nSPS) is 30.9. The van der Waals surface area contributed by atoms with Gasteiger partial charge in [0.1, 0.15) is 0 Å². The third-order valence-corrected chi connectivity index (χ3v) is 7.77. The highest BCUT2D eigenvalue weighted by Gasteiger charge is 2.41. The van der Waals surface area contributed by atoms with Gasteiger partial charge in [-0.05, 0) is 69.9 Å². The second kappa shape index (κ2) is 9.58. The lowest BCUT2D eigenvalue weighted by atomic mass is 9.74. The first-order valence-corrected chi connectivity index (χ1v) is 12.5. The molecule has 1 amide bonds. The molecule has 2 N–H and O–H groups in total. The fourth-order valence-electron chi connectivity index (χ4n) is 5.54. The van der Waals surface area contributed by atoms with E-state index in [-0.39, 0.29) is 41.3 Å². The van der Waals surface area contributed by atoms with Crippen LogP contribution in [0.2, 0.25) is 0 Å². The number of fused-ring (bicyclic) bond motifs is 1. The number of nitrogens with zero attached hydrogens (tertiary/aromatic N) is 3. The minimum absolute atomic E-state index is 0.0216. The molecule has 0 aromatic carbocycles. The largest absolute Gasteiger partial charge is 0.364 e. The molecule has 3 aliphatic rings. The molecule has 0 bridgehead atoms. The topological polar surface area (TPSA) is 81.1 Å². The molecule has 178 valence electrons. The van der Waals surface area contributed by atoms with Gasteiger partial charge in [0.2, 0.25) is 5.91 Å². The predicted octanol–water partition coefficient (Wildman–Crippen LogP) is 4.50. The quantitative estimate of drug-likeness (QED) is 0.622. The zero-order valence-corrected chi connectivity index (χ0v) is 19.6. The SMILES string of the molecule is C[C@H](Nc1nccc(-c2ccnn2C2CCCCO2)c1F)C1CC2CC(Cl)CCC2NC1=O. The molecule has 6 atom stereocenters. The Hall–Kier alpha value is -2.19. The lowest BCUT2D eigenvalue weighted by Crippen LogP contribution is -2.55. The van der Waals surface area contributed by atoms with Crippen molar-refractivity contribution in [3.63, 3.8) is 0 Å². The van der Waals surface area contributed by atoms with Crippen molar-refractivity contribution in [1.29, 1.82) is 0 Å². The third-order valence-electron chi connectivity index (χ3n) is 7.37. The predicted molar refractivity (Wildman–Crippen MR) is 124 cm³/mol. The first-order chi connectivity index (χ1) is 16.0. The van der Waals surface area contributed by atoms with Gasteiger partial charge >= 0.3 is 0 Å². The summed E-state index contributed by atoms with van der Waals surface area (Å²) in [5.74, 6) is -0.185. The maximum atomic E-state index is 15.6. The third kappa shape index (κ3) is 4.60. The van der Waals surface area contributed by atoms with E-state index in [1.165, 1.54) is 0 Å². The fraction of sp³-hybridized carbons (Fsp3) is 0.625. The Morgan fingerprint density at radius 3 is 2.94 bits per heavy atom. The Labute approximate surface area is 198 Å². The molecule has 33 heavy (non-hydrogen) atoms. The van der Waals surface area contributed by atoms with Gasteiger partial charge in [-0.3, -0.25) is 4.79 Å². The van der Waals surface area contributed by atoms with E-state index in [0.29, 0.717) is 23.8 Å². The second-order valence-corrected chi connectivity index (χ2v) is 10.2. The van der Waals surface area contributed by atoms with Gasteiger partial charge in [-0.25, -0.2) is 14.1 Å². The van der Waals surface area contributed by atoms with Crippen LogP contribution in [0, 0.1) is 17.7 Å². The molecule has 5 unspecified atom stereocenters. The van der Waals surface area contributed by atoms with Crippen LogP contribution in [0.3, 0.4) is 0 Å². The number of amides is 1. The Kier molecular flexibility index (Phi) is 6.56. The number of ether oxygens (including phenoxy) is 1. The zero-order chi connectivity index (χ0) is 22.9. The molecule has 2 aromatic heterocycles. The van der Waals surface area contributed by atoms with Gasteiger partial charge in [-0.1, -0.05) is 0 Å². The fourth-order valence-corrected chi connectivity index (χ4v) is 5.90. The summed E-state index contributed by atoms with van der Waals surface area (Å²) < 4.78 is 23.2. The van der Waals surface area contributed by atoms with Crippen molar-refractivity contribution < 1.29 is 13.9 Å². The molecule has 1 aliphatic carbocycles. The van der Waals surface area contributed by atoms with Crippen LogP contribution in [-0.4, -0.2) is 44.7 Å². The van der Waals surface area contributed by atoms with Crippen LogP contribution in [0.1, 0.15) is 58.1 Å². The van der Waals surface area contributed by atoms with Crippen molar-refractivity contribution in [3.8, 4) is 11.3 Å². The number of carbonyl (C=O) groups excluding carboxylic acids is 1. The summed E-state index contributed by atoms with van der Waals surface area (Å²) in [4.78, 5) is 17.0. The van der Waals surface area contributed by atoms with Gasteiger partial charge in [0.15, 0.2) is 17.9 Å². The summed E-state index contributed by atoms with van der Waals surface area (Å²) in [6, 6.07) is 3.38. The van der Waals surface area contributed by atoms with E-state index in [4.69, 9.17) is 16.3 Å². The van der Waals surface area contributed by atoms with Crippen molar-refractivity contribution in [2.24, 2.45) is 11.8 Å². The molecule has 0 radical (unpaired) electrons. The van der Waals surface area contributed by atoms with E-state index < -0.39 is 5.82 Å². The molecule has 3 fully saturated rings. The number of hydrogen-bond donors (Lipinski definition) is 2. The van der Waals surface area contributed by atoms with Crippen molar-refractivity contribution >= 4 is 23.3 Å². The number of pyridine rings is 1. The summed E-state index contributed by atoms with van der Waals surface area (Å²) >= 11 is 6.38. The maximum Gasteiger partial charge on any atom is 0.225 e. The number of aromatic nitrogens is 3. The van der Waals surface area contributed by atoms with Crippen LogP contribution in [0.5, 0.6) is 0 Å². The Morgan fingerprint density at radius 2 is 2.12 bits per heavy atom. The van der Waals surface area contributed by atoms with E-state index in [2.05, 4.69) is 20.7 Å². The average molecular weight is 476 g/mol. The number of hydrogen-bond acceptors (Lipinski definition) is 5. The zero-order valence-electron chi connectivity index (χ0n) is 18.8. The highest BCUT2D eigenvalue weighted by Crippen LogP contribution is 2.37. The molecule has 0 spiro atoms. The smallest absolute Gasteiger partial charge is 0.225 e. The van der Waals surface area contributed by atoms with Crippen molar-refractivity contribution in [3.05, 3.63) is 30.3 Å². The van der Waals surface area contributed by atoms with Gasteiger partial charge in [-0.15, -0.1) is 11.6 Å². The van der Waals surface area contributed by atoms with Gasteiger partial charge in [0.25, 0.3) is 0 Å². The van der Waals surface area contributed by atoms with Crippen molar-refractivity contribution in [2.45, 2.75) is 75.6 Å². The summed E-state index contributed by atoms with van der Waals surface area (Å²) in [5.41, 5.74) is 1.07. The molecule has 9 heteroatoms. The summed E-state index contributed by atoms with van der Waals surface area (Å²) in [6.07, 6.45) is 9.53. The average Bonchev–Trinajstić information content (AvgIpc) is 3.30. The Morgan fingerprint density at radius 1 is 1.24 bits per heavy atom. The standard InChI is InChI=1S/C24H31ClFN5O2/c1-14(18-13-15-12-16(25)5-6-19(15)30-24(18)32)29-23-22(26)17(7-9-27-23)20-8-10-28-31(20)21-4-2-3-11-33-21/h7-10,14-16,18-19,21H,2-6,11-13H2,1H3,(H,27,29)(H,30,32)/t14-,15?,16?,18?,19?,21?/m0/s1. The van der Waals surface area contributed by atoms with E-state index in [9.17, 15) is 4.79 Å². The van der Waals surface area contributed by atoms with E-state index in [1.807, 2.05) is 6.92 Å². The first kappa shape index (κ1) is 22.6. The molecule has 7 nitrogen and oxygen atoms in total. The molecule has 4 heterocycles. The highest BCUT2D eigenvalue weighted by atomic mass is 35.5. The second-order valence-electron chi connectivity index (χ2n) is 9.56. The highest BCUT2D eigenvalue weighted by molar-refractivity contribution is 6.20. The van der Waals surface area contributed by atoms with Crippen LogP contribution in [0.15, 0.2) is 24.5 Å². The number of carbonyl (C=O) groups is 1. The van der Waals surface area contributed by atoms with Crippen LogP contribution >= 0.6 is 11.6 Å². The lowest BCUT2D eigenvalue weighted by Gasteiger charge is -2.42. The van der Waals surface area contributed by atoms with Crippen molar-refractivity contribution in [1.82, 2.24) is 20.1 Å². The summed E-state index contributed by atoms with van der Waals surface area (Å²) in [6.45, 7) is 2.60. The maximum absolute atomic E-state index is 15.6. The van der Waals surface area contributed by atoms with Gasteiger partial charge in [0.05, 0.1) is 11.6 Å². The summed E-state index contributed by atoms with van der Waals surface area (Å²) in [7, 11) is 0. The number of alkyl halides is 1. The number of halogens is 2.